The number of amides is 1. The third kappa shape index (κ3) is 6.80. The van der Waals surface area contributed by atoms with Crippen molar-refractivity contribution in [3.63, 3.8) is 0 Å². The lowest BCUT2D eigenvalue weighted by Crippen LogP contribution is -2.29. The molecule has 33 heavy (non-hydrogen) atoms. The van der Waals surface area contributed by atoms with Gasteiger partial charge in [0.25, 0.3) is 5.91 Å². The summed E-state index contributed by atoms with van der Waals surface area (Å²) < 4.78 is 5.56. The predicted octanol–water partition coefficient (Wildman–Crippen LogP) is 3.43. The summed E-state index contributed by atoms with van der Waals surface area (Å²) >= 11 is 0. The van der Waals surface area contributed by atoms with Crippen LogP contribution in [0.2, 0.25) is 0 Å². The smallest absolute Gasteiger partial charge is 0.273 e. The average Bonchev–Trinajstić information content (AvgIpc) is 2.81. The Hall–Kier alpha value is -3.88. The highest BCUT2D eigenvalue weighted by Crippen LogP contribution is 2.19. The van der Waals surface area contributed by atoms with Crippen LogP contribution in [0.15, 0.2) is 57.9 Å². The molecule has 2 aromatic rings. The second-order valence-electron chi connectivity index (χ2n) is 6.84. The van der Waals surface area contributed by atoms with E-state index in [0.29, 0.717) is 23.6 Å². The van der Waals surface area contributed by atoms with Gasteiger partial charge in [-0.2, -0.15) is 0 Å². The standard InChI is InChI=1S/C24H30N4O5/c1-7-32-19-12-13-20(16(2)14-19)22(27-30-5)17(3)26-33-15-18-10-8-9-11-21(18)23(28-31-6)24(29)25-4/h8-14H,7,15H2,1-6H3,(H,25,29). The van der Waals surface area contributed by atoms with Crippen LogP contribution in [0.5, 0.6) is 5.75 Å². The van der Waals surface area contributed by atoms with Gasteiger partial charge in [-0.3, -0.25) is 4.79 Å². The summed E-state index contributed by atoms with van der Waals surface area (Å²) in [6.45, 7) is 6.37. The van der Waals surface area contributed by atoms with Crippen molar-refractivity contribution in [1.82, 2.24) is 5.32 Å². The van der Waals surface area contributed by atoms with Crippen LogP contribution in [0.1, 0.15) is 36.1 Å². The van der Waals surface area contributed by atoms with Crippen LogP contribution in [0.3, 0.4) is 0 Å². The minimum atomic E-state index is -0.371. The van der Waals surface area contributed by atoms with Crippen molar-refractivity contribution >= 4 is 23.0 Å². The molecule has 0 unspecified atom stereocenters. The van der Waals surface area contributed by atoms with Crippen molar-refractivity contribution in [2.24, 2.45) is 15.5 Å². The molecule has 0 heterocycles. The molecule has 9 heteroatoms. The molecule has 0 bridgehead atoms. The highest BCUT2D eigenvalue weighted by atomic mass is 16.6. The Balaban J connectivity index is 2.27. The summed E-state index contributed by atoms with van der Waals surface area (Å²) in [7, 11) is 4.39. The van der Waals surface area contributed by atoms with Gasteiger partial charge in [-0.25, -0.2) is 0 Å². The molecule has 0 saturated heterocycles. The van der Waals surface area contributed by atoms with Gasteiger partial charge in [-0.15, -0.1) is 0 Å². The Kier molecular flexibility index (Phi) is 9.88. The lowest BCUT2D eigenvalue weighted by atomic mass is 10.0. The summed E-state index contributed by atoms with van der Waals surface area (Å²) in [6, 6.07) is 13.0. The monoisotopic (exact) mass is 454 g/mol. The van der Waals surface area contributed by atoms with E-state index in [0.717, 1.165) is 22.4 Å². The first-order valence-electron chi connectivity index (χ1n) is 10.4. The maximum Gasteiger partial charge on any atom is 0.273 e. The summed E-state index contributed by atoms with van der Waals surface area (Å²) in [5.41, 5.74) is 4.32. The Morgan fingerprint density at radius 1 is 0.970 bits per heavy atom. The fourth-order valence-corrected chi connectivity index (χ4v) is 3.10. The van der Waals surface area contributed by atoms with Crippen LogP contribution in [-0.4, -0.2) is 50.9 Å². The molecule has 0 aliphatic rings. The fraction of sp³-hybridized carbons (Fsp3) is 0.333. The van der Waals surface area contributed by atoms with Crippen molar-refractivity contribution in [2.45, 2.75) is 27.4 Å². The van der Waals surface area contributed by atoms with Gasteiger partial charge >= 0.3 is 0 Å². The number of aryl methyl sites for hydroxylation is 1. The number of benzene rings is 2. The van der Waals surface area contributed by atoms with Crippen LogP contribution in [0.25, 0.3) is 0 Å². The minimum absolute atomic E-state index is 0.107. The number of ether oxygens (including phenoxy) is 1. The van der Waals surface area contributed by atoms with Gasteiger partial charge in [0.05, 0.1) is 6.61 Å². The van der Waals surface area contributed by atoms with Gasteiger partial charge in [-0.05, 0) is 44.5 Å². The third-order valence-corrected chi connectivity index (χ3v) is 4.61. The Labute approximate surface area is 194 Å². The van der Waals surface area contributed by atoms with Gasteiger partial charge in [-0.1, -0.05) is 39.7 Å². The lowest BCUT2D eigenvalue weighted by Gasteiger charge is -2.12. The maximum atomic E-state index is 12.2. The van der Waals surface area contributed by atoms with E-state index in [4.69, 9.17) is 19.2 Å². The van der Waals surface area contributed by atoms with Crippen molar-refractivity contribution < 1.29 is 24.0 Å². The van der Waals surface area contributed by atoms with Crippen LogP contribution in [0.4, 0.5) is 0 Å². The number of rotatable bonds is 11. The molecular weight excluding hydrogens is 424 g/mol. The second-order valence-corrected chi connectivity index (χ2v) is 6.84. The van der Waals surface area contributed by atoms with E-state index >= 15 is 0 Å². The van der Waals surface area contributed by atoms with Gasteiger partial charge in [0.1, 0.15) is 38.0 Å². The van der Waals surface area contributed by atoms with Crippen molar-refractivity contribution in [3.8, 4) is 5.75 Å². The molecular formula is C24H30N4O5. The molecule has 176 valence electrons. The Morgan fingerprint density at radius 3 is 2.30 bits per heavy atom. The second kappa shape index (κ2) is 12.8. The molecule has 0 fully saturated rings. The van der Waals surface area contributed by atoms with Crippen LogP contribution in [0, 0.1) is 6.92 Å². The van der Waals surface area contributed by atoms with E-state index in [1.54, 1.807) is 19.1 Å². The molecule has 2 rings (SSSR count). The number of likely N-dealkylation sites (N-methyl/N-ethyl adjacent to an activating group) is 1. The first-order chi connectivity index (χ1) is 16.0. The summed E-state index contributed by atoms with van der Waals surface area (Å²) in [5, 5.41) is 14.8. The van der Waals surface area contributed by atoms with E-state index in [9.17, 15) is 4.79 Å². The van der Waals surface area contributed by atoms with Crippen molar-refractivity contribution in [3.05, 3.63) is 64.7 Å². The van der Waals surface area contributed by atoms with Gasteiger partial charge in [0, 0.05) is 23.7 Å². The number of nitrogens with one attached hydrogen (secondary N) is 1. The van der Waals surface area contributed by atoms with Gasteiger partial charge in [0.15, 0.2) is 5.71 Å². The number of carbonyl (C=O) groups excluding carboxylic acids is 1. The predicted molar refractivity (Wildman–Crippen MR) is 128 cm³/mol. The first kappa shape index (κ1) is 25.4. The molecule has 0 aliphatic carbocycles. The zero-order valence-electron chi connectivity index (χ0n) is 19.8. The normalized spacial score (nSPS) is 12.2. The van der Waals surface area contributed by atoms with E-state index < -0.39 is 0 Å². The Bertz CT molecular complexity index is 1050. The molecule has 0 aromatic heterocycles. The first-order valence-corrected chi connectivity index (χ1v) is 10.4. The quantitative estimate of drug-likeness (QED) is 0.414. The molecule has 0 spiro atoms. The zero-order valence-corrected chi connectivity index (χ0v) is 19.8. The molecule has 2 aromatic carbocycles. The summed E-state index contributed by atoms with van der Waals surface area (Å²) in [5.74, 6) is 0.409. The minimum Gasteiger partial charge on any atom is -0.494 e. The molecule has 1 amide bonds. The van der Waals surface area contributed by atoms with E-state index in [-0.39, 0.29) is 18.2 Å². The number of hydrogen-bond donors (Lipinski definition) is 1. The summed E-state index contributed by atoms with van der Waals surface area (Å²) in [6.07, 6.45) is 0. The highest BCUT2D eigenvalue weighted by molar-refractivity contribution is 6.47. The third-order valence-electron chi connectivity index (χ3n) is 4.61. The van der Waals surface area contributed by atoms with Crippen molar-refractivity contribution in [2.75, 3.05) is 27.9 Å². The van der Waals surface area contributed by atoms with E-state index in [1.807, 2.05) is 44.2 Å². The van der Waals surface area contributed by atoms with Gasteiger partial charge < -0.3 is 24.6 Å². The van der Waals surface area contributed by atoms with Crippen LogP contribution >= 0.6 is 0 Å². The van der Waals surface area contributed by atoms with E-state index in [2.05, 4.69) is 20.8 Å². The zero-order chi connectivity index (χ0) is 24.2. The van der Waals surface area contributed by atoms with Crippen molar-refractivity contribution in [1.29, 1.82) is 0 Å². The summed E-state index contributed by atoms with van der Waals surface area (Å²) in [4.78, 5) is 27.7. The van der Waals surface area contributed by atoms with Gasteiger partial charge in [0.2, 0.25) is 0 Å². The molecule has 0 saturated carbocycles. The maximum absolute atomic E-state index is 12.2. The van der Waals surface area contributed by atoms with Crippen LogP contribution < -0.4 is 10.1 Å². The van der Waals surface area contributed by atoms with Crippen LogP contribution in [-0.2, 0) is 25.9 Å². The molecule has 0 aliphatic heterocycles. The van der Waals surface area contributed by atoms with E-state index in [1.165, 1.54) is 21.3 Å². The average molecular weight is 455 g/mol. The lowest BCUT2D eigenvalue weighted by molar-refractivity contribution is -0.114. The number of nitrogens with zero attached hydrogens (tertiary/aromatic N) is 3. The largest absolute Gasteiger partial charge is 0.494 e. The fourth-order valence-electron chi connectivity index (χ4n) is 3.10. The number of carbonyl (C=O) groups is 1. The molecule has 9 nitrogen and oxygen atoms in total. The number of hydrogen-bond acceptors (Lipinski definition) is 8. The highest BCUT2D eigenvalue weighted by Gasteiger charge is 2.18. The molecule has 0 atom stereocenters. The number of oxime groups is 3. The SMILES string of the molecule is CCOc1ccc(C(=NOC)C(C)=NOCc2ccccc2C(=NOC)C(=O)NC)c(C)c1. The Morgan fingerprint density at radius 2 is 1.67 bits per heavy atom. The topological polar surface area (TPSA) is 103 Å². The molecule has 0 radical (unpaired) electrons. The molecule has 1 N–H and O–H groups in total.